The second-order valence-electron chi connectivity index (χ2n) is 7.52. The number of nitrogens with zero attached hydrogens (tertiary/aromatic N) is 4. The summed E-state index contributed by atoms with van der Waals surface area (Å²) in [4.78, 5) is 5.57. The molecule has 4 nitrogen and oxygen atoms in total. The van der Waals surface area contributed by atoms with Crippen LogP contribution in [0.1, 0.15) is 56.1 Å². The van der Waals surface area contributed by atoms with Crippen LogP contribution < -0.4 is 0 Å². The highest BCUT2D eigenvalue weighted by atomic mass is 35.5. The number of halogens is 4. The number of alkyl halides is 3. The molecule has 152 valence electrons. The summed E-state index contributed by atoms with van der Waals surface area (Å²) in [6.07, 6.45) is 2.95. The first-order valence-corrected chi connectivity index (χ1v) is 9.98. The number of aliphatic imine (C=N–C) groups is 1. The van der Waals surface area contributed by atoms with E-state index in [1.807, 2.05) is 4.57 Å². The Morgan fingerprint density at radius 3 is 2.66 bits per heavy atom. The van der Waals surface area contributed by atoms with Gasteiger partial charge in [-0.3, -0.25) is 4.99 Å². The summed E-state index contributed by atoms with van der Waals surface area (Å²) in [6, 6.07) is 5.85. The van der Waals surface area contributed by atoms with Crippen LogP contribution >= 0.6 is 11.6 Å². The van der Waals surface area contributed by atoms with E-state index in [1.165, 1.54) is 23.4 Å². The third-order valence-electron chi connectivity index (χ3n) is 5.83. The third-order valence-corrected chi connectivity index (χ3v) is 6.06. The van der Waals surface area contributed by atoms with Crippen LogP contribution in [0.15, 0.2) is 35.5 Å². The molecule has 1 unspecified atom stereocenters. The quantitative estimate of drug-likeness (QED) is 0.599. The Bertz CT molecular complexity index is 1030. The zero-order chi connectivity index (χ0) is 20.8. The van der Waals surface area contributed by atoms with Crippen LogP contribution in [0.3, 0.4) is 0 Å². The number of benzene rings is 1. The Balaban J connectivity index is 1.96. The zero-order valence-corrected chi connectivity index (χ0v) is 16.6. The van der Waals surface area contributed by atoms with Gasteiger partial charge >= 0.3 is 6.18 Å². The van der Waals surface area contributed by atoms with Crippen molar-refractivity contribution in [2.45, 2.75) is 57.0 Å². The lowest BCUT2D eigenvalue weighted by Gasteiger charge is -2.37. The first kappa shape index (κ1) is 19.8. The normalized spacial score (nSPS) is 21.1. The molecule has 1 fully saturated rings. The third kappa shape index (κ3) is 3.40. The number of rotatable bonds is 3. The van der Waals surface area contributed by atoms with Crippen molar-refractivity contribution in [3.63, 3.8) is 0 Å². The molecular weight excluding hydrogens is 401 g/mol. The van der Waals surface area contributed by atoms with Crippen LogP contribution in [0.5, 0.6) is 0 Å². The van der Waals surface area contributed by atoms with Crippen LogP contribution in [0.2, 0.25) is 5.02 Å². The van der Waals surface area contributed by atoms with Gasteiger partial charge in [0.15, 0.2) is 6.17 Å². The molecule has 2 aromatic rings. The molecule has 0 radical (unpaired) electrons. The summed E-state index contributed by atoms with van der Waals surface area (Å²) >= 11 is 6.23. The van der Waals surface area contributed by atoms with E-state index in [0.29, 0.717) is 21.7 Å². The van der Waals surface area contributed by atoms with Crippen molar-refractivity contribution in [2.75, 3.05) is 0 Å². The molecule has 4 rings (SSSR count). The Hall–Kier alpha value is -2.46. The minimum absolute atomic E-state index is 0.109. The van der Waals surface area contributed by atoms with E-state index < -0.39 is 18.4 Å². The molecule has 2 atom stereocenters. The van der Waals surface area contributed by atoms with Crippen molar-refractivity contribution >= 4 is 28.7 Å². The van der Waals surface area contributed by atoms with Crippen LogP contribution in [-0.2, 0) is 0 Å². The minimum atomic E-state index is -4.42. The molecule has 0 spiro atoms. The van der Waals surface area contributed by atoms with Crippen molar-refractivity contribution in [1.29, 1.82) is 5.26 Å². The summed E-state index contributed by atoms with van der Waals surface area (Å²) in [5.74, 6) is 0. The van der Waals surface area contributed by atoms with Gasteiger partial charge in [-0.1, -0.05) is 30.5 Å². The van der Waals surface area contributed by atoms with Gasteiger partial charge in [0.25, 0.3) is 0 Å². The Kier molecular flexibility index (Phi) is 5.07. The fourth-order valence-corrected chi connectivity index (χ4v) is 4.55. The van der Waals surface area contributed by atoms with E-state index in [4.69, 9.17) is 11.6 Å². The standard InChI is InChI=1S/C21H20ClF3N4/c1-13(21(23,24)25)28-10-4-9-27-20(28)19-17(12-26)16-8-7-14(22)11-18(16)29(19)15-5-2-3-6-15/h4,7-11,13,15,20H,2-3,5-6H2,1H3/t13-,20?/m0/s1. The first-order valence-electron chi connectivity index (χ1n) is 9.60. The molecule has 0 saturated heterocycles. The van der Waals surface area contributed by atoms with Crippen molar-refractivity contribution in [3.05, 3.63) is 46.8 Å². The summed E-state index contributed by atoms with van der Waals surface area (Å²) in [6.45, 7) is 1.11. The average molecular weight is 421 g/mol. The molecule has 0 amide bonds. The van der Waals surface area contributed by atoms with Crippen molar-refractivity contribution in [2.24, 2.45) is 4.99 Å². The van der Waals surface area contributed by atoms with Gasteiger partial charge in [0.05, 0.1) is 16.8 Å². The number of hydrogen-bond acceptors (Lipinski definition) is 3. The van der Waals surface area contributed by atoms with Crippen molar-refractivity contribution in [3.8, 4) is 6.07 Å². The Morgan fingerprint density at radius 2 is 2.00 bits per heavy atom. The van der Waals surface area contributed by atoms with E-state index >= 15 is 0 Å². The molecule has 1 aliphatic carbocycles. The van der Waals surface area contributed by atoms with E-state index in [9.17, 15) is 18.4 Å². The van der Waals surface area contributed by atoms with Gasteiger partial charge in [0.2, 0.25) is 0 Å². The molecular formula is C21H20ClF3N4. The second-order valence-corrected chi connectivity index (χ2v) is 7.96. The molecule has 8 heteroatoms. The molecule has 29 heavy (non-hydrogen) atoms. The van der Waals surface area contributed by atoms with E-state index in [1.54, 1.807) is 18.2 Å². The van der Waals surface area contributed by atoms with Crippen LogP contribution in [0, 0.1) is 11.3 Å². The first-order chi connectivity index (χ1) is 13.8. The number of hydrogen-bond donors (Lipinski definition) is 0. The molecule has 1 aromatic carbocycles. The fourth-order valence-electron chi connectivity index (χ4n) is 4.38. The lowest BCUT2D eigenvalue weighted by Crippen LogP contribution is -2.43. The second kappa shape index (κ2) is 7.42. The fraction of sp³-hybridized carbons (Fsp3) is 0.429. The number of aromatic nitrogens is 1. The zero-order valence-electron chi connectivity index (χ0n) is 15.8. The monoisotopic (exact) mass is 420 g/mol. The van der Waals surface area contributed by atoms with E-state index in [0.717, 1.165) is 38.1 Å². The molecule has 2 aliphatic rings. The lowest BCUT2D eigenvalue weighted by atomic mass is 10.1. The number of nitriles is 1. The smallest absolute Gasteiger partial charge is 0.339 e. The summed E-state index contributed by atoms with van der Waals surface area (Å²) in [7, 11) is 0. The largest absolute Gasteiger partial charge is 0.408 e. The number of allylic oxidation sites excluding steroid dienone is 1. The molecule has 1 saturated carbocycles. The summed E-state index contributed by atoms with van der Waals surface area (Å²) in [5.41, 5.74) is 1.65. The van der Waals surface area contributed by atoms with Gasteiger partial charge in [-0.05, 0) is 38.0 Å². The van der Waals surface area contributed by atoms with E-state index in [-0.39, 0.29) is 6.04 Å². The van der Waals surface area contributed by atoms with Gasteiger partial charge in [0, 0.05) is 28.9 Å². The molecule has 0 N–H and O–H groups in total. The maximum Gasteiger partial charge on any atom is 0.408 e. The van der Waals surface area contributed by atoms with Gasteiger partial charge in [-0.25, -0.2) is 0 Å². The topological polar surface area (TPSA) is 44.3 Å². The maximum atomic E-state index is 13.5. The van der Waals surface area contributed by atoms with Crippen LogP contribution in [0.4, 0.5) is 13.2 Å². The average Bonchev–Trinajstić information content (AvgIpc) is 3.31. The lowest BCUT2D eigenvalue weighted by molar-refractivity contribution is -0.177. The molecule has 2 heterocycles. The maximum absolute atomic E-state index is 13.5. The highest BCUT2D eigenvalue weighted by Gasteiger charge is 2.44. The SMILES string of the molecule is C[C@H](N1C=CC=NC1c1c(C#N)c2ccc(Cl)cc2n1C1CCCC1)C(F)(F)F. The van der Waals surface area contributed by atoms with Gasteiger partial charge < -0.3 is 9.47 Å². The summed E-state index contributed by atoms with van der Waals surface area (Å²) < 4.78 is 42.7. The predicted octanol–water partition coefficient (Wildman–Crippen LogP) is 6.13. The summed E-state index contributed by atoms with van der Waals surface area (Å²) in [5, 5.41) is 11.2. The highest BCUT2D eigenvalue weighted by Crippen LogP contribution is 2.43. The van der Waals surface area contributed by atoms with Gasteiger partial charge in [0.1, 0.15) is 12.1 Å². The van der Waals surface area contributed by atoms with Crippen molar-refractivity contribution < 1.29 is 13.2 Å². The Labute approximate surface area is 171 Å². The van der Waals surface area contributed by atoms with Crippen LogP contribution in [0.25, 0.3) is 10.9 Å². The van der Waals surface area contributed by atoms with E-state index in [2.05, 4.69) is 11.1 Å². The Morgan fingerprint density at radius 1 is 1.28 bits per heavy atom. The highest BCUT2D eigenvalue weighted by molar-refractivity contribution is 6.31. The van der Waals surface area contributed by atoms with Gasteiger partial charge in [-0.15, -0.1) is 0 Å². The molecule has 1 aromatic heterocycles. The number of fused-ring (bicyclic) bond motifs is 1. The van der Waals surface area contributed by atoms with Gasteiger partial charge in [-0.2, -0.15) is 18.4 Å². The molecule has 0 bridgehead atoms. The minimum Gasteiger partial charge on any atom is -0.339 e. The van der Waals surface area contributed by atoms with Crippen molar-refractivity contribution in [1.82, 2.24) is 9.47 Å². The van der Waals surface area contributed by atoms with Crippen LogP contribution in [-0.4, -0.2) is 27.9 Å². The molecule has 1 aliphatic heterocycles. The predicted molar refractivity (Wildman–Crippen MR) is 107 cm³/mol.